The van der Waals surface area contributed by atoms with Gasteiger partial charge in [0.2, 0.25) is 5.91 Å². The van der Waals surface area contributed by atoms with Gasteiger partial charge in [0, 0.05) is 30.8 Å². The van der Waals surface area contributed by atoms with E-state index in [1.807, 2.05) is 37.4 Å². The molecule has 0 radical (unpaired) electrons. The molecule has 0 spiro atoms. The molecule has 29 heavy (non-hydrogen) atoms. The summed E-state index contributed by atoms with van der Waals surface area (Å²) >= 11 is 0. The second kappa shape index (κ2) is 8.78. The monoisotopic (exact) mass is 394 g/mol. The summed E-state index contributed by atoms with van der Waals surface area (Å²) in [5, 5.41) is 12.4. The molecule has 1 heterocycles. The van der Waals surface area contributed by atoms with Crippen LogP contribution in [0.5, 0.6) is 0 Å². The van der Waals surface area contributed by atoms with Gasteiger partial charge in [-0.15, -0.1) is 0 Å². The van der Waals surface area contributed by atoms with Crippen LogP contribution < -0.4 is 5.32 Å². The van der Waals surface area contributed by atoms with Crippen molar-refractivity contribution in [2.45, 2.75) is 45.2 Å². The molecule has 1 aliphatic heterocycles. The molecule has 0 saturated heterocycles. The van der Waals surface area contributed by atoms with Crippen LogP contribution in [0.1, 0.15) is 43.9 Å². The predicted molar refractivity (Wildman–Crippen MR) is 114 cm³/mol. The minimum Gasteiger partial charge on any atom is -0.480 e. The molecule has 1 aromatic rings. The molecule has 1 amide bonds. The van der Waals surface area contributed by atoms with Crippen LogP contribution in [-0.2, 0) is 16.0 Å². The first-order chi connectivity index (χ1) is 13.7. The maximum Gasteiger partial charge on any atom is 0.326 e. The molecule has 2 atom stereocenters. The maximum absolute atomic E-state index is 12.7. The molecular formula is C24H30N2O3. The molecule has 2 aliphatic rings. The summed E-state index contributed by atoms with van der Waals surface area (Å²) in [6.45, 7) is 5.06. The van der Waals surface area contributed by atoms with Gasteiger partial charge < -0.3 is 10.4 Å². The number of hydrogen-bond acceptors (Lipinski definition) is 3. The normalized spacial score (nSPS) is 21.6. The third-order valence-corrected chi connectivity index (χ3v) is 5.69. The molecular weight excluding hydrogens is 364 g/mol. The number of amides is 1. The lowest BCUT2D eigenvalue weighted by molar-refractivity contribution is -0.142. The first-order valence-electron chi connectivity index (χ1n) is 10.1. The third kappa shape index (κ3) is 5.45. The average molecular weight is 395 g/mol. The highest BCUT2D eigenvalue weighted by Gasteiger charge is 2.28. The van der Waals surface area contributed by atoms with Crippen molar-refractivity contribution >= 4 is 11.9 Å². The number of carboxylic acids is 1. The first kappa shape index (κ1) is 21.1. The number of rotatable bonds is 6. The third-order valence-electron chi connectivity index (χ3n) is 5.69. The zero-order valence-electron chi connectivity index (χ0n) is 17.4. The highest BCUT2D eigenvalue weighted by Crippen LogP contribution is 2.31. The van der Waals surface area contributed by atoms with Gasteiger partial charge in [0.1, 0.15) is 6.04 Å². The van der Waals surface area contributed by atoms with E-state index in [4.69, 9.17) is 0 Å². The summed E-state index contributed by atoms with van der Waals surface area (Å²) in [4.78, 5) is 26.7. The van der Waals surface area contributed by atoms with E-state index in [0.717, 1.165) is 24.1 Å². The number of carbonyl (C=O) groups is 2. The standard InChI is InChI=1S/C24H30N2O3/c1-24(2)12-6-7-17(10-13-24)15-20(23(28)29)25-22(27)16-21-19-9-5-4-8-18(19)11-14-26(21)3/h4-10,12-13,20-21H,11,14-16H2,1-3H3,(H,25,27)(H,28,29). The van der Waals surface area contributed by atoms with Gasteiger partial charge in [-0.25, -0.2) is 4.79 Å². The molecule has 5 heteroatoms. The number of fused-ring (bicyclic) bond motifs is 1. The van der Waals surface area contributed by atoms with E-state index >= 15 is 0 Å². The van der Waals surface area contributed by atoms with E-state index in [9.17, 15) is 14.7 Å². The smallest absolute Gasteiger partial charge is 0.326 e. The number of carbonyl (C=O) groups excluding carboxylic acids is 1. The van der Waals surface area contributed by atoms with Gasteiger partial charge in [0.25, 0.3) is 0 Å². The van der Waals surface area contributed by atoms with E-state index in [1.165, 1.54) is 5.56 Å². The summed E-state index contributed by atoms with van der Waals surface area (Å²) in [6.07, 6.45) is 11.4. The molecule has 1 aliphatic carbocycles. The Labute approximate surface area is 172 Å². The first-order valence-corrected chi connectivity index (χ1v) is 10.1. The molecule has 0 saturated carbocycles. The molecule has 5 nitrogen and oxygen atoms in total. The fourth-order valence-corrected chi connectivity index (χ4v) is 3.90. The van der Waals surface area contributed by atoms with Crippen molar-refractivity contribution in [2.75, 3.05) is 13.6 Å². The van der Waals surface area contributed by atoms with Gasteiger partial charge in [-0.3, -0.25) is 9.69 Å². The highest BCUT2D eigenvalue weighted by atomic mass is 16.4. The van der Waals surface area contributed by atoms with Crippen LogP contribution in [0.25, 0.3) is 0 Å². The lowest BCUT2D eigenvalue weighted by Crippen LogP contribution is -2.43. The molecule has 0 bridgehead atoms. The topological polar surface area (TPSA) is 69.6 Å². The van der Waals surface area contributed by atoms with Crippen LogP contribution in [-0.4, -0.2) is 41.5 Å². The van der Waals surface area contributed by atoms with E-state index < -0.39 is 12.0 Å². The Morgan fingerprint density at radius 1 is 1.28 bits per heavy atom. The summed E-state index contributed by atoms with van der Waals surface area (Å²) in [5.74, 6) is -1.25. The van der Waals surface area contributed by atoms with Crippen LogP contribution >= 0.6 is 0 Å². The zero-order chi connectivity index (χ0) is 21.0. The van der Waals surface area contributed by atoms with E-state index in [2.05, 4.69) is 48.3 Å². The minimum absolute atomic E-state index is 0.0323. The Bertz CT molecular complexity index is 867. The SMILES string of the molecule is CN1CCc2ccccc2C1CC(=O)NC(CC1=CC=CC(C)(C)C=C1)C(=O)O. The quantitative estimate of drug-likeness (QED) is 0.773. The van der Waals surface area contributed by atoms with E-state index in [0.29, 0.717) is 0 Å². The molecule has 0 aromatic heterocycles. The van der Waals surface area contributed by atoms with Crippen molar-refractivity contribution in [3.05, 3.63) is 71.3 Å². The largest absolute Gasteiger partial charge is 0.480 e. The number of benzene rings is 1. The number of allylic oxidation sites excluding steroid dienone is 5. The van der Waals surface area contributed by atoms with Crippen LogP contribution in [0.3, 0.4) is 0 Å². The van der Waals surface area contributed by atoms with Crippen molar-refractivity contribution in [1.29, 1.82) is 0 Å². The van der Waals surface area contributed by atoms with Crippen LogP contribution in [0, 0.1) is 5.41 Å². The Balaban J connectivity index is 1.67. The van der Waals surface area contributed by atoms with Crippen molar-refractivity contribution in [3.8, 4) is 0 Å². The van der Waals surface area contributed by atoms with Crippen LogP contribution in [0.15, 0.2) is 60.2 Å². The van der Waals surface area contributed by atoms with Gasteiger partial charge in [-0.05, 0) is 30.2 Å². The van der Waals surface area contributed by atoms with Crippen molar-refractivity contribution in [2.24, 2.45) is 5.41 Å². The molecule has 3 rings (SSSR count). The summed E-state index contributed by atoms with van der Waals surface area (Å²) in [5.41, 5.74) is 3.24. The zero-order valence-corrected chi connectivity index (χ0v) is 17.4. The fraction of sp³-hybridized carbons (Fsp3) is 0.417. The maximum atomic E-state index is 12.7. The Kier molecular flexibility index (Phi) is 6.38. The number of hydrogen-bond donors (Lipinski definition) is 2. The molecule has 154 valence electrons. The van der Waals surface area contributed by atoms with Gasteiger partial charge in [0.05, 0.1) is 0 Å². The van der Waals surface area contributed by atoms with Gasteiger partial charge in [-0.2, -0.15) is 0 Å². The Hall–Kier alpha value is -2.66. The number of nitrogens with zero attached hydrogens (tertiary/aromatic N) is 1. The van der Waals surface area contributed by atoms with E-state index in [-0.39, 0.29) is 30.2 Å². The predicted octanol–water partition coefficient (Wildman–Crippen LogP) is 3.64. The van der Waals surface area contributed by atoms with Gasteiger partial charge >= 0.3 is 5.97 Å². The lowest BCUT2D eigenvalue weighted by atomic mass is 9.91. The number of nitrogens with one attached hydrogen (secondary N) is 1. The van der Waals surface area contributed by atoms with Crippen LogP contribution in [0.2, 0.25) is 0 Å². The second-order valence-corrected chi connectivity index (χ2v) is 8.57. The summed E-state index contributed by atoms with van der Waals surface area (Å²) in [6, 6.07) is 7.20. The summed E-state index contributed by atoms with van der Waals surface area (Å²) < 4.78 is 0. The fourth-order valence-electron chi connectivity index (χ4n) is 3.90. The number of carboxylic acid groups (broad SMARTS) is 1. The molecule has 0 fully saturated rings. The molecule has 2 N–H and O–H groups in total. The van der Waals surface area contributed by atoms with Crippen molar-refractivity contribution in [1.82, 2.24) is 10.2 Å². The molecule has 1 aromatic carbocycles. The van der Waals surface area contributed by atoms with Crippen molar-refractivity contribution < 1.29 is 14.7 Å². The van der Waals surface area contributed by atoms with Crippen LogP contribution in [0.4, 0.5) is 0 Å². The van der Waals surface area contributed by atoms with Crippen molar-refractivity contribution in [3.63, 3.8) is 0 Å². The minimum atomic E-state index is -1.02. The second-order valence-electron chi connectivity index (χ2n) is 8.57. The summed E-state index contributed by atoms with van der Waals surface area (Å²) in [7, 11) is 2.01. The Morgan fingerprint density at radius 3 is 2.79 bits per heavy atom. The van der Waals surface area contributed by atoms with Gasteiger partial charge in [0.15, 0.2) is 0 Å². The molecule has 2 unspecified atom stereocenters. The highest BCUT2D eigenvalue weighted by molar-refractivity contribution is 5.84. The Morgan fingerprint density at radius 2 is 2.03 bits per heavy atom. The average Bonchev–Trinajstić information content (AvgIpc) is 2.84. The lowest BCUT2D eigenvalue weighted by Gasteiger charge is -2.34. The number of aliphatic carboxylic acids is 1. The van der Waals surface area contributed by atoms with Gasteiger partial charge in [-0.1, -0.05) is 68.5 Å². The van der Waals surface area contributed by atoms with E-state index in [1.54, 1.807) is 0 Å². The number of likely N-dealkylation sites (N-methyl/N-ethyl adjacent to an activating group) is 1.